The van der Waals surface area contributed by atoms with E-state index in [9.17, 15) is 17.6 Å². The molecule has 0 aromatic heterocycles. The summed E-state index contributed by atoms with van der Waals surface area (Å²) in [5, 5.41) is 0. The number of carbonyl (C=O) groups is 1. The predicted octanol–water partition coefficient (Wildman–Crippen LogP) is 2.58. The molecule has 1 amide bonds. The predicted molar refractivity (Wildman–Crippen MR) is 85.5 cm³/mol. The van der Waals surface area contributed by atoms with Crippen LogP contribution in [0.2, 0.25) is 0 Å². The Morgan fingerprint density at radius 1 is 1.17 bits per heavy atom. The first kappa shape index (κ1) is 15.7. The van der Waals surface area contributed by atoms with Crippen molar-refractivity contribution in [3.8, 4) is 0 Å². The van der Waals surface area contributed by atoms with Crippen LogP contribution >= 0.6 is 0 Å². The monoisotopic (exact) mass is 333 g/mol. The van der Waals surface area contributed by atoms with Crippen molar-refractivity contribution in [2.45, 2.75) is 24.3 Å². The molecule has 1 aliphatic heterocycles. The maximum atomic E-state index is 13.7. The molecule has 1 heterocycles. The van der Waals surface area contributed by atoms with E-state index < -0.39 is 32.2 Å². The molecule has 6 heteroatoms. The molecule has 0 saturated carbocycles. The highest BCUT2D eigenvalue weighted by Crippen LogP contribution is 2.32. The fraction of sp³-hybridized carbons (Fsp3) is 0.235. The molecule has 1 atom stereocenters. The topological polar surface area (TPSA) is 54.5 Å². The average molecular weight is 333 g/mol. The molecule has 0 radical (unpaired) electrons. The Morgan fingerprint density at radius 2 is 1.83 bits per heavy atom. The first-order valence-corrected chi connectivity index (χ1v) is 8.92. The summed E-state index contributed by atoms with van der Waals surface area (Å²) in [6, 6.07) is 12.4. The Kier molecular flexibility index (Phi) is 3.93. The summed E-state index contributed by atoms with van der Waals surface area (Å²) >= 11 is 0. The molecule has 23 heavy (non-hydrogen) atoms. The Hall–Kier alpha value is -2.21. The highest BCUT2D eigenvalue weighted by Gasteiger charge is 2.33. The Labute approximate surface area is 134 Å². The molecule has 1 aliphatic rings. The van der Waals surface area contributed by atoms with Crippen molar-refractivity contribution < 1.29 is 17.6 Å². The van der Waals surface area contributed by atoms with Gasteiger partial charge in [-0.05, 0) is 37.1 Å². The van der Waals surface area contributed by atoms with Crippen molar-refractivity contribution in [2.24, 2.45) is 0 Å². The minimum atomic E-state index is -4.02. The van der Waals surface area contributed by atoms with E-state index in [2.05, 4.69) is 0 Å². The van der Waals surface area contributed by atoms with Gasteiger partial charge in [-0.15, -0.1) is 0 Å². The quantitative estimate of drug-likeness (QED) is 0.867. The summed E-state index contributed by atoms with van der Waals surface area (Å²) in [7, 11) is -4.02. The molecule has 0 aliphatic carbocycles. The first-order valence-electron chi connectivity index (χ1n) is 7.27. The van der Waals surface area contributed by atoms with Gasteiger partial charge in [0, 0.05) is 11.7 Å². The number of anilines is 1. The Bertz CT molecular complexity index is 864. The van der Waals surface area contributed by atoms with E-state index in [-0.39, 0.29) is 6.04 Å². The van der Waals surface area contributed by atoms with Gasteiger partial charge in [-0.2, -0.15) is 0 Å². The summed E-state index contributed by atoms with van der Waals surface area (Å²) in [5.41, 5.74) is 1.74. The lowest BCUT2D eigenvalue weighted by Gasteiger charge is -2.22. The first-order chi connectivity index (χ1) is 10.9. The third kappa shape index (κ3) is 2.86. The molecule has 120 valence electrons. The molecule has 2 aromatic carbocycles. The molecule has 0 saturated heterocycles. The van der Waals surface area contributed by atoms with Crippen molar-refractivity contribution in [3.05, 3.63) is 59.9 Å². The number of hydrogen-bond acceptors (Lipinski definition) is 3. The number of nitrogens with zero attached hydrogens (tertiary/aromatic N) is 1. The highest BCUT2D eigenvalue weighted by molar-refractivity contribution is 7.92. The van der Waals surface area contributed by atoms with Crippen LogP contribution in [0.15, 0.2) is 53.4 Å². The van der Waals surface area contributed by atoms with E-state index in [4.69, 9.17) is 0 Å². The number of benzene rings is 2. The van der Waals surface area contributed by atoms with E-state index in [1.807, 2.05) is 25.1 Å². The second-order valence-electron chi connectivity index (χ2n) is 5.64. The van der Waals surface area contributed by atoms with Gasteiger partial charge in [-0.3, -0.25) is 4.79 Å². The molecular formula is C17H16FNO3S. The zero-order chi connectivity index (χ0) is 16.6. The zero-order valence-corrected chi connectivity index (χ0v) is 13.4. The van der Waals surface area contributed by atoms with E-state index >= 15 is 0 Å². The molecule has 4 nitrogen and oxygen atoms in total. The summed E-state index contributed by atoms with van der Waals surface area (Å²) in [6.45, 7) is 1.87. The van der Waals surface area contributed by atoms with Gasteiger partial charge in [0.15, 0.2) is 9.84 Å². The van der Waals surface area contributed by atoms with E-state index in [0.29, 0.717) is 6.42 Å². The van der Waals surface area contributed by atoms with Crippen LogP contribution in [0.1, 0.15) is 12.5 Å². The SMILES string of the molecule is C[C@@H]1Cc2ccccc2N1C(=O)CS(=O)(=O)c1ccccc1F. The molecule has 2 aromatic rings. The van der Waals surface area contributed by atoms with Crippen LogP contribution < -0.4 is 4.90 Å². The zero-order valence-electron chi connectivity index (χ0n) is 12.6. The van der Waals surface area contributed by atoms with Crippen LogP contribution in [0.5, 0.6) is 0 Å². The number of sulfone groups is 1. The third-order valence-corrected chi connectivity index (χ3v) is 5.59. The Balaban J connectivity index is 1.89. The highest BCUT2D eigenvalue weighted by atomic mass is 32.2. The smallest absolute Gasteiger partial charge is 0.242 e. The third-order valence-electron chi connectivity index (χ3n) is 3.96. The minimum absolute atomic E-state index is 0.115. The normalized spacial score (nSPS) is 17.1. The lowest BCUT2D eigenvalue weighted by atomic mass is 10.1. The van der Waals surface area contributed by atoms with Crippen molar-refractivity contribution in [1.82, 2.24) is 0 Å². The number of halogens is 1. The molecule has 0 unspecified atom stereocenters. The van der Waals surface area contributed by atoms with Crippen molar-refractivity contribution in [1.29, 1.82) is 0 Å². The number of hydrogen-bond donors (Lipinski definition) is 0. The fourth-order valence-corrected chi connectivity index (χ4v) is 4.22. The van der Waals surface area contributed by atoms with Gasteiger partial charge in [0.05, 0.1) is 0 Å². The van der Waals surface area contributed by atoms with E-state index in [0.717, 1.165) is 17.3 Å². The van der Waals surface area contributed by atoms with Gasteiger partial charge in [0.25, 0.3) is 0 Å². The summed E-state index contributed by atoms with van der Waals surface area (Å²) < 4.78 is 38.4. The summed E-state index contributed by atoms with van der Waals surface area (Å²) in [6.07, 6.45) is 0.682. The van der Waals surface area contributed by atoms with Gasteiger partial charge >= 0.3 is 0 Å². The van der Waals surface area contributed by atoms with Crippen LogP contribution in [0.3, 0.4) is 0 Å². The number of fused-ring (bicyclic) bond motifs is 1. The molecule has 0 fully saturated rings. The lowest BCUT2D eigenvalue weighted by Crippen LogP contribution is -2.39. The van der Waals surface area contributed by atoms with Gasteiger partial charge in [0.1, 0.15) is 16.5 Å². The number of amides is 1. The number of para-hydroxylation sites is 1. The van der Waals surface area contributed by atoms with Crippen LogP contribution in [-0.2, 0) is 21.1 Å². The molecular weight excluding hydrogens is 317 g/mol. The number of rotatable bonds is 3. The van der Waals surface area contributed by atoms with Gasteiger partial charge in [-0.25, -0.2) is 12.8 Å². The van der Waals surface area contributed by atoms with Crippen LogP contribution in [0.4, 0.5) is 10.1 Å². The molecule has 0 spiro atoms. The molecule has 3 rings (SSSR count). The summed E-state index contributed by atoms with van der Waals surface area (Å²) in [5.74, 6) is -2.12. The maximum absolute atomic E-state index is 13.7. The average Bonchev–Trinajstić information content (AvgIpc) is 2.82. The van der Waals surface area contributed by atoms with E-state index in [1.54, 1.807) is 6.07 Å². The second kappa shape index (κ2) is 5.77. The molecule has 0 N–H and O–H groups in total. The Morgan fingerprint density at radius 3 is 2.57 bits per heavy atom. The van der Waals surface area contributed by atoms with E-state index in [1.165, 1.54) is 23.1 Å². The lowest BCUT2D eigenvalue weighted by molar-refractivity contribution is -0.116. The van der Waals surface area contributed by atoms with Crippen molar-refractivity contribution in [3.63, 3.8) is 0 Å². The van der Waals surface area contributed by atoms with Crippen LogP contribution in [-0.4, -0.2) is 26.1 Å². The minimum Gasteiger partial charge on any atom is -0.308 e. The van der Waals surface area contributed by atoms with Crippen molar-refractivity contribution in [2.75, 3.05) is 10.7 Å². The van der Waals surface area contributed by atoms with Crippen LogP contribution in [0, 0.1) is 5.82 Å². The van der Waals surface area contributed by atoms with Gasteiger partial charge in [0.2, 0.25) is 5.91 Å². The van der Waals surface area contributed by atoms with Gasteiger partial charge in [-0.1, -0.05) is 30.3 Å². The summed E-state index contributed by atoms with van der Waals surface area (Å²) in [4.78, 5) is 13.6. The van der Waals surface area contributed by atoms with Crippen LogP contribution in [0.25, 0.3) is 0 Å². The fourth-order valence-electron chi connectivity index (χ4n) is 2.95. The van der Waals surface area contributed by atoms with Gasteiger partial charge < -0.3 is 4.90 Å². The second-order valence-corrected chi connectivity index (χ2v) is 7.59. The largest absolute Gasteiger partial charge is 0.308 e. The standard InChI is InChI=1S/C17H16FNO3S/c1-12-10-13-6-2-4-8-15(13)19(12)17(20)11-23(21,22)16-9-5-3-7-14(16)18/h2-9,12H,10-11H2,1H3/t12-/m1/s1. The molecule has 0 bridgehead atoms. The van der Waals surface area contributed by atoms with Crippen molar-refractivity contribution >= 4 is 21.4 Å². The number of carbonyl (C=O) groups excluding carboxylic acids is 1. The maximum Gasteiger partial charge on any atom is 0.242 e.